The van der Waals surface area contributed by atoms with E-state index in [1.807, 2.05) is 41.9 Å². The minimum absolute atomic E-state index is 0.702. The standard InChI is InChI=1S/C14H14N4/c1-3-11-9-15-12-14(16-11)18(2)13(17-12)10-7-5-4-6-8-10/h4-9H,3H2,1-2H3. The van der Waals surface area contributed by atoms with Crippen molar-refractivity contribution in [1.29, 1.82) is 0 Å². The van der Waals surface area contributed by atoms with E-state index < -0.39 is 0 Å². The second-order valence-corrected chi connectivity index (χ2v) is 4.22. The molecule has 0 atom stereocenters. The molecule has 0 bridgehead atoms. The normalized spacial score (nSPS) is 11.0. The Balaban J connectivity index is 2.23. The summed E-state index contributed by atoms with van der Waals surface area (Å²) in [6.45, 7) is 2.07. The highest BCUT2D eigenvalue weighted by Crippen LogP contribution is 2.21. The Kier molecular flexibility index (Phi) is 2.55. The predicted octanol–water partition coefficient (Wildman–Crippen LogP) is 2.59. The molecule has 4 nitrogen and oxygen atoms in total. The summed E-state index contributed by atoms with van der Waals surface area (Å²) in [5.74, 6) is 0.902. The van der Waals surface area contributed by atoms with Crippen molar-refractivity contribution < 1.29 is 0 Å². The third kappa shape index (κ3) is 1.66. The van der Waals surface area contributed by atoms with Crippen LogP contribution in [0.1, 0.15) is 12.6 Å². The van der Waals surface area contributed by atoms with Crippen molar-refractivity contribution in [2.45, 2.75) is 13.3 Å². The van der Waals surface area contributed by atoms with Crippen LogP contribution in [0.5, 0.6) is 0 Å². The van der Waals surface area contributed by atoms with E-state index >= 15 is 0 Å². The second-order valence-electron chi connectivity index (χ2n) is 4.22. The van der Waals surface area contributed by atoms with Crippen LogP contribution in [0.25, 0.3) is 22.7 Å². The number of aromatic nitrogens is 4. The maximum absolute atomic E-state index is 4.58. The number of imidazole rings is 1. The summed E-state index contributed by atoms with van der Waals surface area (Å²) in [5.41, 5.74) is 3.62. The highest BCUT2D eigenvalue weighted by molar-refractivity contribution is 5.73. The largest absolute Gasteiger partial charge is 0.310 e. The van der Waals surface area contributed by atoms with Crippen molar-refractivity contribution in [3.63, 3.8) is 0 Å². The maximum Gasteiger partial charge on any atom is 0.198 e. The molecule has 0 N–H and O–H groups in total. The molecule has 0 saturated heterocycles. The Morgan fingerprint density at radius 2 is 1.89 bits per heavy atom. The van der Waals surface area contributed by atoms with Crippen molar-refractivity contribution >= 4 is 11.3 Å². The van der Waals surface area contributed by atoms with Gasteiger partial charge in [0.1, 0.15) is 5.82 Å². The zero-order valence-corrected chi connectivity index (χ0v) is 10.5. The molecule has 1 aromatic carbocycles. The lowest BCUT2D eigenvalue weighted by Crippen LogP contribution is -1.96. The summed E-state index contributed by atoms with van der Waals surface area (Å²) in [6.07, 6.45) is 2.68. The van der Waals surface area contributed by atoms with E-state index in [2.05, 4.69) is 21.9 Å². The van der Waals surface area contributed by atoms with E-state index in [4.69, 9.17) is 0 Å². The summed E-state index contributed by atoms with van der Waals surface area (Å²) in [5, 5.41) is 0. The van der Waals surface area contributed by atoms with Gasteiger partial charge in [0.2, 0.25) is 0 Å². The fourth-order valence-electron chi connectivity index (χ4n) is 2.00. The van der Waals surface area contributed by atoms with Crippen LogP contribution in [-0.4, -0.2) is 19.5 Å². The van der Waals surface area contributed by atoms with Crippen molar-refractivity contribution in [2.75, 3.05) is 0 Å². The molecule has 90 valence electrons. The van der Waals surface area contributed by atoms with Gasteiger partial charge >= 0.3 is 0 Å². The Hall–Kier alpha value is -2.23. The molecule has 0 aliphatic heterocycles. The first-order valence-electron chi connectivity index (χ1n) is 6.03. The van der Waals surface area contributed by atoms with Gasteiger partial charge < -0.3 is 4.57 Å². The molecule has 0 amide bonds. The van der Waals surface area contributed by atoms with Gasteiger partial charge in [-0.25, -0.2) is 15.0 Å². The van der Waals surface area contributed by atoms with E-state index in [1.54, 1.807) is 6.20 Å². The van der Waals surface area contributed by atoms with Crippen LogP contribution in [0.2, 0.25) is 0 Å². The van der Waals surface area contributed by atoms with Crippen LogP contribution in [0.15, 0.2) is 36.5 Å². The molecule has 0 spiro atoms. The van der Waals surface area contributed by atoms with Gasteiger partial charge in [-0.05, 0) is 6.42 Å². The molecule has 2 aromatic heterocycles. The summed E-state index contributed by atoms with van der Waals surface area (Å²) in [6, 6.07) is 10.1. The van der Waals surface area contributed by atoms with Crippen LogP contribution < -0.4 is 0 Å². The fourth-order valence-corrected chi connectivity index (χ4v) is 2.00. The molecule has 2 heterocycles. The quantitative estimate of drug-likeness (QED) is 0.689. The lowest BCUT2D eigenvalue weighted by atomic mass is 10.2. The third-order valence-electron chi connectivity index (χ3n) is 3.03. The zero-order chi connectivity index (χ0) is 12.5. The van der Waals surface area contributed by atoms with Crippen molar-refractivity contribution in [2.24, 2.45) is 7.05 Å². The molecule has 0 unspecified atom stereocenters. The van der Waals surface area contributed by atoms with Crippen molar-refractivity contribution in [1.82, 2.24) is 19.5 Å². The lowest BCUT2D eigenvalue weighted by molar-refractivity contribution is 0.925. The van der Waals surface area contributed by atoms with Crippen LogP contribution in [0.3, 0.4) is 0 Å². The van der Waals surface area contributed by atoms with Crippen LogP contribution in [0, 0.1) is 0 Å². The summed E-state index contributed by atoms with van der Waals surface area (Å²) >= 11 is 0. The topological polar surface area (TPSA) is 43.6 Å². The van der Waals surface area contributed by atoms with E-state index in [0.717, 1.165) is 29.1 Å². The van der Waals surface area contributed by atoms with Gasteiger partial charge in [0.15, 0.2) is 11.3 Å². The average molecular weight is 238 g/mol. The molecule has 0 aliphatic rings. The molecule has 0 aliphatic carbocycles. The second kappa shape index (κ2) is 4.22. The minimum Gasteiger partial charge on any atom is -0.310 e. The first kappa shape index (κ1) is 10.9. The number of hydrogen-bond acceptors (Lipinski definition) is 3. The smallest absolute Gasteiger partial charge is 0.198 e. The summed E-state index contributed by atoms with van der Waals surface area (Å²) in [7, 11) is 1.98. The molecule has 0 radical (unpaired) electrons. The Morgan fingerprint density at radius 1 is 1.11 bits per heavy atom. The molecular weight excluding hydrogens is 224 g/mol. The summed E-state index contributed by atoms with van der Waals surface area (Å²) < 4.78 is 2.00. The number of rotatable bonds is 2. The van der Waals surface area contributed by atoms with Crippen molar-refractivity contribution in [3.8, 4) is 11.4 Å². The van der Waals surface area contributed by atoms with Gasteiger partial charge in [0.05, 0.1) is 11.9 Å². The molecule has 18 heavy (non-hydrogen) atoms. The van der Waals surface area contributed by atoms with Gasteiger partial charge in [-0.1, -0.05) is 37.3 Å². The Bertz CT molecular complexity index is 686. The van der Waals surface area contributed by atoms with Gasteiger partial charge in [-0.2, -0.15) is 0 Å². The Labute approximate surface area is 105 Å². The van der Waals surface area contributed by atoms with Gasteiger partial charge in [0.25, 0.3) is 0 Å². The average Bonchev–Trinajstić information content (AvgIpc) is 2.77. The van der Waals surface area contributed by atoms with Crippen molar-refractivity contribution in [3.05, 3.63) is 42.2 Å². The zero-order valence-electron chi connectivity index (χ0n) is 10.5. The number of benzene rings is 1. The van der Waals surface area contributed by atoms with E-state index in [-0.39, 0.29) is 0 Å². The van der Waals surface area contributed by atoms with Gasteiger partial charge in [-0.15, -0.1) is 0 Å². The van der Waals surface area contributed by atoms with Crippen LogP contribution in [0.4, 0.5) is 0 Å². The molecular formula is C14H14N4. The maximum atomic E-state index is 4.58. The first-order chi connectivity index (χ1) is 8.79. The number of nitrogens with zero attached hydrogens (tertiary/aromatic N) is 4. The predicted molar refractivity (Wildman–Crippen MR) is 71.1 cm³/mol. The monoisotopic (exact) mass is 238 g/mol. The third-order valence-corrected chi connectivity index (χ3v) is 3.03. The minimum atomic E-state index is 0.702. The Morgan fingerprint density at radius 3 is 2.61 bits per heavy atom. The first-order valence-corrected chi connectivity index (χ1v) is 6.03. The molecule has 3 rings (SSSR count). The number of fused-ring (bicyclic) bond motifs is 1. The van der Waals surface area contributed by atoms with Gasteiger partial charge in [-0.3, -0.25) is 0 Å². The van der Waals surface area contributed by atoms with E-state index in [0.29, 0.717) is 5.65 Å². The van der Waals surface area contributed by atoms with Gasteiger partial charge in [0, 0.05) is 12.6 Å². The van der Waals surface area contributed by atoms with E-state index in [1.165, 1.54) is 0 Å². The van der Waals surface area contributed by atoms with Crippen LogP contribution in [-0.2, 0) is 13.5 Å². The van der Waals surface area contributed by atoms with Crippen LogP contribution >= 0.6 is 0 Å². The highest BCUT2D eigenvalue weighted by atomic mass is 15.1. The molecule has 3 aromatic rings. The SMILES string of the molecule is CCc1cnc2nc(-c3ccccc3)n(C)c2n1. The fraction of sp³-hybridized carbons (Fsp3) is 0.214. The summed E-state index contributed by atoms with van der Waals surface area (Å²) in [4.78, 5) is 13.5. The molecule has 0 saturated carbocycles. The van der Waals surface area contributed by atoms with E-state index in [9.17, 15) is 0 Å². The molecule has 0 fully saturated rings. The number of hydrogen-bond donors (Lipinski definition) is 0. The number of aryl methyl sites for hydroxylation is 2. The molecule has 4 heteroatoms. The lowest BCUT2D eigenvalue weighted by Gasteiger charge is -2.01. The highest BCUT2D eigenvalue weighted by Gasteiger charge is 2.11.